The molecule has 1 fully saturated rings. The van der Waals surface area contributed by atoms with Crippen molar-refractivity contribution in [2.24, 2.45) is 12.8 Å². The van der Waals surface area contributed by atoms with Crippen molar-refractivity contribution in [2.45, 2.75) is 38.6 Å². The lowest BCUT2D eigenvalue weighted by atomic mass is 9.91. The molecule has 1 aliphatic heterocycles. The summed E-state index contributed by atoms with van der Waals surface area (Å²) in [5.74, 6) is 2.40. The molecule has 5 rings (SSSR count). The van der Waals surface area contributed by atoms with E-state index in [-0.39, 0.29) is 11.2 Å². The maximum atomic E-state index is 6.82. The van der Waals surface area contributed by atoms with Gasteiger partial charge in [0, 0.05) is 56.4 Å². The Morgan fingerprint density at radius 2 is 1.97 bits per heavy atom. The summed E-state index contributed by atoms with van der Waals surface area (Å²) < 4.78 is 10.1. The SMILES string of the molecule is CNc1nccnc1C(=CN)Oc1cnc2nc(Nc3cc(C(C)(C)C)n([C@@H]4CCN(C)C4)n3)n(C)c2c1Cl. The molecular weight excluding hydrogens is 518 g/mol. The number of nitrogens with zero attached hydrogens (tertiary/aromatic N) is 8. The summed E-state index contributed by atoms with van der Waals surface area (Å²) in [6.45, 7) is 8.64. The van der Waals surface area contributed by atoms with Gasteiger partial charge in [0.2, 0.25) is 5.95 Å². The molecular formula is C26H34ClN11O. The second-order valence-corrected chi connectivity index (χ2v) is 11.1. The number of hydrogen-bond donors (Lipinski definition) is 3. The Bertz CT molecular complexity index is 1530. The Labute approximate surface area is 232 Å². The van der Waals surface area contributed by atoms with Crippen LogP contribution < -0.4 is 21.1 Å². The Morgan fingerprint density at radius 3 is 2.64 bits per heavy atom. The molecule has 4 N–H and O–H groups in total. The topological polar surface area (TPSA) is 137 Å². The van der Waals surface area contributed by atoms with Crippen LogP contribution in [-0.2, 0) is 12.5 Å². The lowest BCUT2D eigenvalue weighted by Gasteiger charge is -2.23. The zero-order valence-electron chi connectivity index (χ0n) is 23.0. The van der Waals surface area contributed by atoms with Crippen molar-refractivity contribution in [3.63, 3.8) is 0 Å². The Balaban J connectivity index is 1.47. The van der Waals surface area contributed by atoms with Gasteiger partial charge in [-0.25, -0.2) is 15.0 Å². The van der Waals surface area contributed by atoms with Crippen LogP contribution in [0.4, 0.5) is 17.6 Å². The molecule has 5 heterocycles. The highest BCUT2D eigenvalue weighted by atomic mass is 35.5. The van der Waals surface area contributed by atoms with Crippen molar-refractivity contribution in [1.82, 2.24) is 39.2 Å². The molecule has 0 saturated carbocycles. The molecule has 13 heteroatoms. The van der Waals surface area contributed by atoms with Crippen molar-refractivity contribution in [3.05, 3.63) is 47.3 Å². The van der Waals surface area contributed by atoms with E-state index in [1.165, 1.54) is 18.1 Å². The fourth-order valence-corrected chi connectivity index (χ4v) is 5.10. The summed E-state index contributed by atoms with van der Waals surface area (Å²) in [6, 6.07) is 2.43. The second-order valence-electron chi connectivity index (χ2n) is 10.7. The van der Waals surface area contributed by atoms with Gasteiger partial charge >= 0.3 is 0 Å². The van der Waals surface area contributed by atoms with Crippen molar-refractivity contribution in [2.75, 3.05) is 37.8 Å². The average Bonchev–Trinajstić information content (AvgIpc) is 3.61. The second kappa shape index (κ2) is 10.3. The molecule has 12 nitrogen and oxygen atoms in total. The van der Waals surface area contributed by atoms with Gasteiger partial charge in [0.05, 0.1) is 12.2 Å². The highest BCUT2D eigenvalue weighted by Crippen LogP contribution is 2.36. The smallest absolute Gasteiger partial charge is 0.210 e. The standard InChI is InChI=1S/C26H34ClN11O/c1-26(2,3)18-11-19(35-38(18)15-7-10-36(5)14-15)33-25-34-24-22(37(25)6)20(27)17(13-32-24)39-16(12-28)21-23(29-4)31-9-8-30-21/h8-9,11-13,15H,7,10,14,28H2,1-6H3,(H,29,31)(H,32,33,34,35)/t15-/m1/s1. The molecule has 4 aromatic rings. The van der Waals surface area contributed by atoms with Crippen LogP contribution in [0.15, 0.2) is 30.9 Å². The van der Waals surface area contributed by atoms with E-state index < -0.39 is 0 Å². The van der Waals surface area contributed by atoms with E-state index >= 15 is 0 Å². The van der Waals surface area contributed by atoms with Gasteiger partial charge in [-0.15, -0.1) is 0 Å². The third-order valence-electron chi connectivity index (χ3n) is 6.80. The van der Waals surface area contributed by atoms with Gasteiger partial charge in [-0.3, -0.25) is 4.68 Å². The van der Waals surface area contributed by atoms with Crippen molar-refractivity contribution in [3.8, 4) is 5.75 Å². The van der Waals surface area contributed by atoms with Crippen LogP contribution in [0, 0.1) is 0 Å². The number of ether oxygens (including phenoxy) is 1. The normalized spacial score (nSPS) is 16.7. The van der Waals surface area contributed by atoms with E-state index in [4.69, 9.17) is 27.2 Å². The number of aryl methyl sites for hydroxylation is 1. The van der Waals surface area contributed by atoms with Crippen LogP contribution in [0.5, 0.6) is 5.75 Å². The van der Waals surface area contributed by atoms with Crippen molar-refractivity contribution < 1.29 is 4.74 Å². The molecule has 206 valence electrons. The Kier molecular flexibility index (Phi) is 7.08. The van der Waals surface area contributed by atoms with Crippen LogP contribution >= 0.6 is 11.6 Å². The summed E-state index contributed by atoms with van der Waals surface area (Å²) in [7, 11) is 5.75. The first-order valence-electron chi connectivity index (χ1n) is 12.8. The number of nitrogens with two attached hydrogens (primary N) is 1. The Hall–Kier alpha value is -3.90. The molecule has 39 heavy (non-hydrogen) atoms. The minimum absolute atomic E-state index is 0.0674. The summed E-state index contributed by atoms with van der Waals surface area (Å²) >= 11 is 6.82. The number of nitrogens with one attached hydrogen (secondary N) is 2. The van der Waals surface area contributed by atoms with Gasteiger partial charge in [-0.05, 0) is 20.0 Å². The number of aromatic nitrogens is 7. The minimum atomic E-state index is -0.0674. The number of imidazole rings is 1. The van der Waals surface area contributed by atoms with Crippen molar-refractivity contribution in [1.29, 1.82) is 0 Å². The van der Waals surface area contributed by atoms with Crippen LogP contribution in [0.2, 0.25) is 5.02 Å². The summed E-state index contributed by atoms with van der Waals surface area (Å²) in [4.78, 5) is 20.1. The van der Waals surface area contributed by atoms with Crippen LogP contribution in [0.25, 0.3) is 16.9 Å². The molecule has 0 aromatic carbocycles. The molecule has 4 aromatic heterocycles. The highest BCUT2D eigenvalue weighted by molar-refractivity contribution is 6.36. The maximum Gasteiger partial charge on any atom is 0.210 e. The number of likely N-dealkylation sites (tertiary alicyclic amines) is 1. The molecule has 0 bridgehead atoms. The largest absolute Gasteiger partial charge is 0.450 e. The minimum Gasteiger partial charge on any atom is -0.450 e. The molecule has 0 aliphatic carbocycles. The number of halogens is 1. The van der Waals surface area contributed by atoms with Gasteiger partial charge < -0.3 is 30.6 Å². The lowest BCUT2D eigenvalue weighted by molar-refractivity contribution is 0.366. The number of anilines is 3. The number of rotatable bonds is 7. The average molecular weight is 552 g/mol. The number of hydrogen-bond acceptors (Lipinski definition) is 10. The molecule has 0 spiro atoms. The van der Waals surface area contributed by atoms with E-state index in [9.17, 15) is 0 Å². The Morgan fingerprint density at radius 1 is 1.21 bits per heavy atom. The van der Waals surface area contributed by atoms with Gasteiger partial charge in [0.1, 0.15) is 16.2 Å². The van der Waals surface area contributed by atoms with Gasteiger partial charge in [-0.1, -0.05) is 32.4 Å². The number of likely N-dealkylation sites (N-methyl/N-ethyl adjacent to an activating group) is 1. The predicted octanol–water partition coefficient (Wildman–Crippen LogP) is 3.90. The number of fused-ring (bicyclic) bond motifs is 1. The van der Waals surface area contributed by atoms with Crippen LogP contribution in [0.3, 0.4) is 0 Å². The quantitative estimate of drug-likeness (QED) is 0.290. The fourth-order valence-electron chi connectivity index (χ4n) is 4.80. The van der Waals surface area contributed by atoms with Gasteiger partial charge in [0.15, 0.2) is 28.8 Å². The first kappa shape index (κ1) is 26.7. The molecule has 0 unspecified atom stereocenters. The molecule has 1 aliphatic rings. The third kappa shape index (κ3) is 5.09. The van der Waals surface area contributed by atoms with Crippen LogP contribution in [-0.4, -0.2) is 66.4 Å². The van der Waals surface area contributed by atoms with E-state index in [0.29, 0.717) is 45.4 Å². The van der Waals surface area contributed by atoms with Gasteiger partial charge in [0.25, 0.3) is 0 Å². The monoisotopic (exact) mass is 551 g/mol. The molecule has 1 saturated heterocycles. The third-order valence-corrected chi connectivity index (χ3v) is 7.17. The van der Waals surface area contributed by atoms with E-state index in [1.54, 1.807) is 19.4 Å². The zero-order valence-corrected chi connectivity index (χ0v) is 23.8. The van der Waals surface area contributed by atoms with Gasteiger partial charge in [-0.2, -0.15) is 10.1 Å². The summed E-state index contributed by atoms with van der Waals surface area (Å²) in [5.41, 5.74) is 8.50. The summed E-state index contributed by atoms with van der Waals surface area (Å²) in [6.07, 6.45) is 7.03. The molecule has 0 radical (unpaired) electrons. The van der Waals surface area contributed by atoms with E-state index in [1.807, 2.05) is 11.6 Å². The molecule has 1 atom stereocenters. The highest BCUT2D eigenvalue weighted by Gasteiger charge is 2.29. The number of pyridine rings is 1. The molecule has 0 amide bonds. The van der Waals surface area contributed by atoms with E-state index in [0.717, 1.165) is 25.3 Å². The van der Waals surface area contributed by atoms with E-state index in [2.05, 4.69) is 74.0 Å². The lowest BCUT2D eigenvalue weighted by Crippen LogP contribution is -2.24. The fraction of sp³-hybridized carbons (Fsp3) is 0.423. The first-order valence-corrected chi connectivity index (χ1v) is 13.1. The predicted molar refractivity (Wildman–Crippen MR) is 153 cm³/mol. The maximum absolute atomic E-state index is 6.82. The zero-order chi connectivity index (χ0) is 27.9. The summed E-state index contributed by atoms with van der Waals surface area (Å²) in [5, 5.41) is 11.6. The first-order chi connectivity index (χ1) is 18.6. The van der Waals surface area contributed by atoms with Crippen LogP contribution in [0.1, 0.15) is 44.6 Å². The van der Waals surface area contributed by atoms with Crippen molar-refractivity contribution >= 4 is 46.1 Å².